The van der Waals surface area contributed by atoms with Crippen molar-refractivity contribution < 1.29 is 19.5 Å². The fraction of sp³-hybridized carbons (Fsp3) is 0.375. The van der Waals surface area contributed by atoms with E-state index in [9.17, 15) is 19.5 Å². The van der Waals surface area contributed by atoms with Gasteiger partial charge in [-0.25, -0.2) is 9.80 Å². The normalized spacial score (nSPS) is 19.0. The Morgan fingerprint density at radius 2 is 1.91 bits per heavy atom. The van der Waals surface area contributed by atoms with Crippen LogP contribution in [0.15, 0.2) is 35.4 Å². The molecule has 1 unspecified atom stereocenters. The van der Waals surface area contributed by atoms with E-state index in [0.29, 0.717) is 5.69 Å². The molecule has 1 heterocycles. The van der Waals surface area contributed by atoms with E-state index in [0.717, 1.165) is 12.8 Å². The Labute approximate surface area is 133 Å². The number of carbonyl (C=O) groups is 3. The summed E-state index contributed by atoms with van der Waals surface area (Å²) >= 11 is 0. The Morgan fingerprint density at radius 1 is 1.22 bits per heavy atom. The first-order valence-corrected chi connectivity index (χ1v) is 7.55. The fourth-order valence-corrected chi connectivity index (χ4v) is 2.52. The van der Waals surface area contributed by atoms with Gasteiger partial charge in [-0.05, 0) is 30.9 Å². The lowest BCUT2D eigenvalue weighted by molar-refractivity contribution is -0.141. The second kappa shape index (κ2) is 6.20. The van der Waals surface area contributed by atoms with Gasteiger partial charge < -0.3 is 10.4 Å². The van der Waals surface area contributed by atoms with Crippen molar-refractivity contribution in [2.24, 2.45) is 11.0 Å². The molecule has 1 atom stereocenters. The minimum absolute atomic E-state index is 0.00695. The summed E-state index contributed by atoms with van der Waals surface area (Å²) in [6, 6.07) is 7.95. The van der Waals surface area contributed by atoms with Gasteiger partial charge in [-0.15, -0.1) is 0 Å². The lowest BCUT2D eigenvalue weighted by Crippen LogP contribution is -2.47. The third-order valence-electron chi connectivity index (χ3n) is 3.94. The van der Waals surface area contributed by atoms with Gasteiger partial charge in [0.15, 0.2) is 0 Å². The minimum Gasteiger partial charge on any atom is -0.480 e. The van der Waals surface area contributed by atoms with Crippen LogP contribution >= 0.6 is 0 Å². The topological polar surface area (TPSA) is 99.1 Å². The summed E-state index contributed by atoms with van der Waals surface area (Å²) in [5.74, 6) is -1.75. The number of rotatable bonds is 5. The summed E-state index contributed by atoms with van der Waals surface area (Å²) < 4.78 is 0. The molecule has 3 rings (SSSR count). The van der Waals surface area contributed by atoms with E-state index in [1.165, 1.54) is 5.01 Å². The molecular formula is C16H17N3O4. The zero-order valence-electron chi connectivity index (χ0n) is 12.4. The highest BCUT2D eigenvalue weighted by atomic mass is 16.4. The molecular weight excluding hydrogens is 298 g/mol. The second-order valence-electron chi connectivity index (χ2n) is 5.71. The van der Waals surface area contributed by atoms with Crippen molar-refractivity contribution >= 4 is 29.2 Å². The number of amides is 2. The molecule has 0 bridgehead atoms. The van der Waals surface area contributed by atoms with Crippen LogP contribution in [0.1, 0.15) is 25.7 Å². The first-order valence-electron chi connectivity index (χ1n) is 7.55. The zero-order valence-corrected chi connectivity index (χ0v) is 12.4. The summed E-state index contributed by atoms with van der Waals surface area (Å²) in [6.07, 6.45) is 1.99. The Hall–Kier alpha value is -2.70. The molecule has 0 spiro atoms. The molecule has 120 valence electrons. The molecule has 1 saturated carbocycles. The summed E-state index contributed by atoms with van der Waals surface area (Å²) in [5.41, 5.74) is 0.764. The molecule has 0 radical (unpaired) electrons. The standard InChI is InChI=1S/C16H17N3O4/c20-13-9-8-12(18-19(13)11-4-2-1-3-5-11)15(21)17-14(16(22)23)10-6-7-10/h1-5,10,14H,6-9H2,(H,17,21)(H,22,23). The fourth-order valence-electron chi connectivity index (χ4n) is 2.52. The van der Waals surface area contributed by atoms with Crippen molar-refractivity contribution in [1.29, 1.82) is 0 Å². The van der Waals surface area contributed by atoms with Crippen LogP contribution in [0.5, 0.6) is 0 Å². The van der Waals surface area contributed by atoms with Crippen LogP contribution in [0.3, 0.4) is 0 Å². The lowest BCUT2D eigenvalue weighted by Gasteiger charge is -2.23. The third-order valence-corrected chi connectivity index (χ3v) is 3.94. The largest absolute Gasteiger partial charge is 0.480 e. The predicted octanol–water partition coefficient (Wildman–Crippen LogP) is 1.15. The molecule has 7 heteroatoms. The van der Waals surface area contributed by atoms with E-state index < -0.39 is 17.9 Å². The third kappa shape index (κ3) is 3.39. The van der Waals surface area contributed by atoms with E-state index in [4.69, 9.17) is 0 Å². The Balaban J connectivity index is 1.77. The van der Waals surface area contributed by atoms with E-state index >= 15 is 0 Å². The Kier molecular flexibility index (Phi) is 4.10. The molecule has 7 nitrogen and oxygen atoms in total. The number of nitrogens with one attached hydrogen (secondary N) is 1. The average molecular weight is 315 g/mol. The van der Waals surface area contributed by atoms with Crippen LogP contribution in [0.25, 0.3) is 0 Å². The molecule has 1 aliphatic carbocycles. The second-order valence-corrected chi connectivity index (χ2v) is 5.71. The summed E-state index contributed by atoms with van der Waals surface area (Å²) in [7, 11) is 0. The van der Waals surface area contributed by atoms with Crippen LogP contribution in [-0.2, 0) is 14.4 Å². The number of hydrogen-bond acceptors (Lipinski definition) is 4. The number of aliphatic carboxylic acids is 1. The lowest BCUT2D eigenvalue weighted by atomic mass is 10.1. The van der Waals surface area contributed by atoms with Gasteiger partial charge in [-0.3, -0.25) is 9.59 Å². The molecule has 0 aromatic heterocycles. The van der Waals surface area contributed by atoms with Gasteiger partial charge in [-0.1, -0.05) is 18.2 Å². The van der Waals surface area contributed by atoms with Crippen molar-refractivity contribution in [3.05, 3.63) is 30.3 Å². The van der Waals surface area contributed by atoms with Crippen molar-refractivity contribution in [1.82, 2.24) is 5.32 Å². The van der Waals surface area contributed by atoms with Crippen LogP contribution < -0.4 is 10.3 Å². The van der Waals surface area contributed by atoms with Crippen molar-refractivity contribution in [3.8, 4) is 0 Å². The first-order chi connectivity index (χ1) is 11.1. The van der Waals surface area contributed by atoms with Crippen LogP contribution in [0.2, 0.25) is 0 Å². The van der Waals surface area contributed by atoms with Crippen molar-refractivity contribution in [2.45, 2.75) is 31.7 Å². The first kappa shape index (κ1) is 15.2. The number of hydrazone groups is 1. The highest BCUT2D eigenvalue weighted by Gasteiger charge is 2.38. The molecule has 2 N–H and O–H groups in total. The van der Waals surface area contributed by atoms with Gasteiger partial charge in [0.25, 0.3) is 5.91 Å². The van der Waals surface area contributed by atoms with E-state index in [-0.39, 0.29) is 30.4 Å². The summed E-state index contributed by atoms with van der Waals surface area (Å²) in [5, 5.41) is 17.0. The Bertz CT molecular complexity index is 667. The van der Waals surface area contributed by atoms with Gasteiger partial charge in [0.1, 0.15) is 11.8 Å². The molecule has 0 saturated heterocycles. The van der Waals surface area contributed by atoms with Crippen LogP contribution in [0.4, 0.5) is 5.69 Å². The summed E-state index contributed by atoms with van der Waals surface area (Å²) in [4.78, 5) is 35.5. The zero-order chi connectivity index (χ0) is 16.4. The molecule has 1 aliphatic heterocycles. The predicted molar refractivity (Wildman–Crippen MR) is 82.9 cm³/mol. The Morgan fingerprint density at radius 3 is 2.52 bits per heavy atom. The van der Waals surface area contributed by atoms with Crippen molar-refractivity contribution in [2.75, 3.05) is 5.01 Å². The van der Waals surface area contributed by atoms with Gasteiger partial charge in [0.05, 0.1) is 5.69 Å². The number of carbonyl (C=O) groups excluding carboxylic acids is 2. The molecule has 1 fully saturated rings. The maximum absolute atomic E-state index is 12.3. The van der Waals surface area contributed by atoms with Gasteiger partial charge in [0, 0.05) is 12.8 Å². The maximum atomic E-state index is 12.3. The molecule has 1 aromatic rings. The van der Waals surface area contributed by atoms with E-state index in [1.54, 1.807) is 24.3 Å². The number of carboxylic acids is 1. The van der Waals surface area contributed by atoms with Crippen molar-refractivity contribution in [3.63, 3.8) is 0 Å². The highest BCUT2D eigenvalue weighted by Crippen LogP contribution is 2.32. The number of carboxylic acid groups (broad SMARTS) is 1. The minimum atomic E-state index is -1.03. The average Bonchev–Trinajstić information content (AvgIpc) is 3.38. The molecule has 1 aromatic carbocycles. The highest BCUT2D eigenvalue weighted by molar-refractivity contribution is 6.40. The monoisotopic (exact) mass is 315 g/mol. The van der Waals surface area contributed by atoms with Gasteiger partial charge >= 0.3 is 5.97 Å². The molecule has 23 heavy (non-hydrogen) atoms. The van der Waals surface area contributed by atoms with E-state index in [2.05, 4.69) is 10.4 Å². The molecule has 2 aliphatic rings. The smallest absolute Gasteiger partial charge is 0.326 e. The number of anilines is 1. The number of benzene rings is 1. The maximum Gasteiger partial charge on any atom is 0.326 e. The van der Waals surface area contributed by atoms with E-state index in [1.807, 2.05) is 6.07 Å². The quantitative estimate of drug-likeness (QED) is 0.851. The van der Waals surface area contributed by atoms with Gasteiger partial charge in [-0.2, -0.15) is 5.10 Å². The van der Waals surface area contributed by atoms with Gasteiger partial charge in [0.2, 0.25) is 5.91 Å². The van der Waals surface area contributed by atoms with Crippen LogP contribution in [-0.4, -0.2) is 34.6 Å². The molecule has 2 amide bonds. The number of para-hydroxylation sites is 1. The number of hydrogen-bond donors (Lipinski definition) is 2. The number of nitrogens with zero attached hydrogens (tertiary/aromatic N) is 2. The SMILES string of the molecule is O=C(NC(C(=O)O)C1CC1)C1=NN(c2ccccc2)C(=O)CC1. The summed E-state index contributed by atoms with van der Waals surface area (Å²) in [6.45, 7) is 0. The van der Waals surface area contributed by atoms with Crippen LogP contribution in [0, 0.1) is 5.92 Å².